The first-order valence-corrected chi connectivity index (χ1v) is 12.6. The molecule has 1 fully saturated rings. The van der Waals surface area contributed by atoms with Crippen LogP contribution < -0.4 is 11.1 Å². The van der Waals surface area contributed by atoms with Crippen molar-refractivity contribution >= 4 is 23.6 Å². The van der Waals surface area contributed by atoms with Crippen LogP contribution in [-0.2, 0) is 11.3 Å². The summed E-state index contributed by atoms with van der Waals surface area (Å²) in [5.41, 5.74) is 9.33. The van der Waals surface area contributed by atoms with E-state index in [0.29, 0.717) is 24.7 Å². The third-order valence-electron chi connectivity index (χ3n) is 7.08. The molecular formula is C28H33FN6O. The molecule has 0 bridgehead atoms. The summed E-state index contributed by atoms with van der Waals surface area (Å²) >= 11 is 0. The van der Waals surface area contributed by atoms with Gasteiger partial charge in [-0.2, -0.15) is 0 Å². The van der Waals surface area contributed by atoms with Gasteiger partial charge >= 0.3 is 0 Å². The minimum absolute atomic E-state index is 0.0640. The van der Waals surface area contributed by atoms with E-state index in [9.17, 15) is 9.18 Å². The van der Waals surface area contributed by atoms with E-state index in [1.54, 1.807) is 17.0 Å². The first-order chi connectivity index (χ1) is 17.5. The molecule has 0 unspecified atom stereocenters. The van der Waals surface area contributed by atoms with Gasteiger partial charge in [0.25, 0.3) is 0 Å². The van der Waals surface area contributed by atoms with Crippen LogP contribution in [0.15, 0.2) is 54.7 Å². The lowest BCUT2D eigenvalue weighted by atomic mass is 9.94. The smallest absolute Gasteiger partial charge is 0.241 e. The molecular weight excluding hydrogens is 455 g/mol. The number of anilines is 2. The predicted molar refractivity (Wildman–Crippen MR) is 141 cm³/mol. The number of imidazole rings is 1. The Morgan fingerprint density at radius 2 is 1.81 bits per heavy atom. The van der Waals surface area contributed by atoms with Gasteiger partial charge in [0, 0.05) is 23.7 Å². The normalized spacial score (nSPS) is 16.2. The fourth-order valence-corrected chi connectivity index (χ4v) is 4.93. The molecule has 188 valence electrons. The van der Waals surface area contributed by atoms with Crippen LogP contribution in [0.2, 0.25) is 0 Å². The second kappa shape index (κ2) is 10.6. The largest absolute Gasteiger partial charge is 0.339 e. The molecule has 0 aliphatic carbocycles. The highest BCUT2D eigenvalue weighted by Gasteiger charge is 2.26. The van der Waals surface area contributed by atoms with Gasteiger partial charge in [-0.05, 0) is 88.1 Å². The second-order valence-electron chi connectivity index (χ2n) is 9.71. The number of rotatable bonds is 7. The molecule has 1 aromatic heterocycles. The van der Waals surface area contributed by atoms with Crippen molar-refractivity contribution in [2.24, 2.45) is 11.7 Å². The quantitative estimate of drug-likeness (QED) is 0.509. The van der Waals surface area contributed by atoms with Crippen molar-refractivity contribution in [3.8, 4) is 11.3 Å². The van der Waals surface area contributed by atoms with Crippen LogP contribution in [0.3, 0.4) is 0 Å². The number of amides is 1. The summed E-state index contributed by atoms with van der Waals surface area (Å²) in [7, 11) is 0. The Kier molecular flexibility index (Phi) is 7.16. The Morgan fingerprint density at radius 1 is 1.08 bits per heavy atom. The maximum atomic E-state index is 13.6. The summed E-state index contributed by atoms with van der Waals surface area (Å²) in [6, 6.07) is 14.4. The molecule has 3 N–H and O–H groups in total. The topological polar surface area (TPSA) is 79.4 Å². The fourth-order valence-electron chi connectivity index (χ4n) is 4.93. The lowest BCUT2D eigenvalue weighted by Crippen LogP contribution is -2.42. The van der Waals surface area contributed by atoms with Crippen LogP contribution in [-0.4, -0.2) is 51.4 Å². The van der Waals surface area contributed by atoms with E-state index < -0.39 is 0 Å². The Hall–Kier alpha value is -3.49. The third-order valence-corrected chi connectivity index (χ3v) is 7.08. The van der Waals surface area contributed by atoms with Gasteiger partial charge in [0.1, 0.15) is 23.2 Å². The summed E-state index contributed by atoms with van der Waals surface area (Å²) in [4.78, 5) is 22.0. The van der Waals surface area contributed by atoms with Gasteiger partial charge in [0.15, 0.2) is 0 Å². The molecule has 0 radical (unpaired) electrons. The zero-order chi connectivity index (χ0) is 25.1. The molecule has 2 aromatic carbocycles. The number of nitrogens with two attached hydrogens (primary N) is 1. The molecule has 2 aliphatic heterocycles. The maximum absolute atomic E-state index is 13.6. The Bertz CT molecular complexity index is 1230. The predicted octanol–water partition coefficient (Wildman–Crippen LogP) is 4.57. The van der Waals surface area contributed by atoms with Gasteiger partial charge in [0.05, 0.1) is 13.1 Å². The summed E-state index contributed by atoms with van der Waals surface area (Å²) < 4.78 is 15.6. The molecule has 8 heteroatoms. The van der Waals surface area contributed by atoms with Gasteiger partial charge in [0.2, 0.25) is 5.91 Å². The number of piperidine rings is 1. The standard InChI is InChI=1S/C28H33FN6O/c1-20-2-8-24(9-3-20)31-28-27(22-4-6-23(29)7-5-22)32-25-18-34(16-17-35(25)28)26(36)19-33-14-11-21(10-13-30)12-15-33/h2-9,16-17,21,31H,10-15,18-19,30H2,1H3. The first-order valence-electron chi connectivity index (χ1n) is 12.6. The molecule has 1 amide bonds. The average molecular weight is 489 g/mol. The first kappa shape index (κ1) is 24.2. The molecule has 2 aliphatic rings. The highest BCUT2D eigenvalue weighted by atomic mass is 19.1. The van der Waals surface area contributed by atoms with Crippen LogP contribution >= 0.6 is 0 Å². The number of hydrogen-bond donors (Lipinski definition) is 2. The summed E-state index contributed by atoms with van der Waals surface area (Å²) in [5, 5.41) is 3.48. The maximum Gasteiger partial charge on any atom is 0.241 e. The van der Waals surface area contributed by atoms with E-state index in [4.69, 9.17) is 10.7 Å². The number of carbonyl (C=O) groups is 1. The van der Waals surface area contributed by atoms with Crippen molar-refractivity contribution in [2.45, 2.75) is 32.7 Å². The van der Waals surface area contributed by atoms with Gasteiger partial charge in [-0.15, -0.1) is 0 Å². The van der Waals surface area contributed by atoms with Crippen molar-refractivity contribution in [1.29, 1.82) is 0 Å². The number of carbonyl (C=O) groups excluding carboxylic acids is 1. The van der Waals surface area contributed by atoms with Crippen LogP contribution in [0.5, 0.6) is 0 Å². The fraction of sp³-hybridized carbons (Fsp3) is 0.357. The zero-order valence-electron chi connectivity index (χ0n) is 20.7. The SMILES string of the molecule is Cc1ccc(Nc2c(-c3ccc(F)cc3)nc3n2C=CN(C(=O)CN2CCC(CCN)CC2)C3)cc1. The number of hydrogen-bond acceptors (Lipinski definition) is 5. The van der Waals surface area contributed by atoms with Crippen LogP contribution in [0.4, 0.5) is 15.9 Å². The number of nitrogens with one attached hydrogen (secondary N) is 1. The van der Waals surface area contributed by atoms with Gasteiger partial charge in [-0.1, -0.05) is 17.7 Å². The molecule has 36 heavy (non-hydrogen) atoms. The van der Waals surface area contributed by atoms with Crippen LogP contribution in [0.25, 0.3) is 17.5 Å². The van der Waals surface area contributed by atoms with Gasteiger partial charge in [-0.3, -0.25) is 14.3 Å². The van der Waals surface area contributed by atoms with Crippen molar-refractivity contribution in [3.63, 3.8) is 0 Å². The van der Waals surface area contributed by atoms with E-state index >= 15 is 0 Å². The van der Waals surface area contributed by atoms with E-state index in [1.807, 2.05) is 48.2 Å². The van der Waals surface area contributed by atoms with Gasteiger partial charge < -0.3 is 16.0 Å². The van der Waals surface area contributed by atoms with Crippen LogP contribution in [0, 0.1) is 18.7 Å². The van der Waals surface area contributed by atoms with Crippen molar-refractivity contribution in [3.05, 3.63) is 71.9 Å². The van der Waals surface area contributed by atoms with E-state index in [1.165, 1.54) is 17.7 Å². The molecule has 3 aromatic rings. The van der Waals surface area contributed by atoms with Gasteiger partial charge in [-0.25, -0.2) is 9.37 Å². The lowest BCUT2D eigenvalue weighted by Gasteiger charge is -2.32. The molecule has 7 nitrogen and oxygen atoms in total. The average Bonchev–Trinajstić information content (AvgIpc) is 3.24. The number of benzene rings is 2. The zero-order valence-corrected chi connectivity index (χ0v) is 20.7. The number of halogens is 1. The summed E-state index contributed by atoms with van der Waals surface area (Å²) in [6.45, 7) is 5.42. The number of aryl methyl sites for hydroxylation is 1. The molecule has 3 heterocycles. The monoisotopic (exact) mass is 488 g/mol. The molecule has 0 atom stereocenters. The Labute approximate surface area is 211 Å². The summed E-state index contributed by atoms with van der Waals surface area (Å²) in [5.74, 6) is 1.98. The van der Waals surface area contributed by atoms with Crippen LogP contribution in [0.1, 0.15) is 30.7 Å². The van der Waals surface area contributed by atoms with Crippen molar-refractivity contribution < 1.29 is 9.18 Å². The Balaban J connectivity index is 1.35. The third kappa shape index (κ3) is 5.34. The highest BCUT2D eigenvalue weighted by Crippen LogP contribution is 2.33. The molecule has 5 rings (SSSR count). The van der Waals surface area contributed by atoms with E-state index in [2.05, 4.69) is 10.2 Å². The lowest BCUT2D eigenvalue weighted by molar-refractivity contribution is -0.130. The molecule has 0 saturated carbocycles. The summed E-state index contributed by atoms with van der Waals surface area (Å²) in [6.07, 6.45) is 6.96. The molecule has 1 saturated heterocycles. The Morgan fingerprint density at radius 3 is 2.50 bits per heavy atom. The second-order valence-corrected chi connectivity index (χ2v) is 9.71. The highest BCUT2D eigenvalue weighted by molar-refractivity contribution is 5.82. The minimum atomic E-state index is -0.292. The molecule has 0 spiro atoms. The number of nitrogens with zero attached hydrogens (tertiary/aromatic N) is 4. The van der Waals surface area contributed by atoms with E-state index in [0.717, 1.165) is 61.8 Å². The minimum Gasteiger partial charge on any atom is -0.339 e. The van der Waals surface area contributed by atoms with E-state index in [-0.39, 0.29) is 11.7 Å². The number of fused-ring (bicyclic) bond motifs is 1. The van der Waals surface area contributed by atoms with Crippen molar-refractivity contribution in [2.75, 3.05) is 31.5 Å². The van der Waals surface area contributed by atoms with Crippen molar-refractivity contribution in [1.82, 2.24) is 19.4 Å². The number of likely N-dealkylation sites (tertiary alicyclic amines) is 1. The number of aromatic nitrogens is 2.